The molecule has 0 spiro atoms. The van der Waals surface area contributed by atoms with Gasteiger partial charge in [-0.1, -0.05) is 13.8 Å². The molecular weight excluding hydrogens is 202 g/mol. The van der Waals surface area contributed by atoms with Crippen LogP contribution in [-0.2, 0) is 4.74 Å². The maximum atomic E-state index is 5.33. The fourth-order valence-corrected chi connectivity index (χ4v) is 1.81. The van der Waals surface area contributed by atoms with Gasteiger partial charge in [-0.05, 0) is 12.3 Å². The van der Waals surface area contributed by atoms with Crippen LogP contribution in [0.3, 0.4) is 0 Å². The summed E-state index contributed by atoms with van der Waals surface area (Å²) in [5, 5.41) is 0. The van der Waals surface area contributed by atoms with Gasteiger partial charge in [0, 0.05) is 24.8 Å². The highest BCUT2D eigenvalue weighted by molar-refractivity contribution is 5.39. The zero-order chi connectivity index (χ0) is 11.4. The van der Waals surface area contributed by atoms with Crippen LogP contribution in [0, 0.1) is 0 Å². The third kappa shape index (κ3) is 2.50. The van der Waals surface area contributed by atoms with Crippen molar-refractivity contribution in [2.24, 2.45) is 0 Å². The largest absolute Gasteiger partial charge is 0.378 e. The number of hydrogen-bond acceptors (Lipinski definition) is 4. The normalized spacial score (nSPS) is 18.5. The predicted molar refractivity (Wildman–Crippen MR) is 63.8 cm³/mol. The first-order valence-electron chi connectivity index (χ1n) is 5.96. The fourth-order valence-electron chi connectivity index (χ4n) is 1.81. The SMILES string of the molecule is CC[C@@H](C)c1cc(N2CCOCC2)ncn1. The topological polar surface area (TPSA) is 38.2 Å². The van der Waals surface area contributed by atoms with Crippen LogP contribution in [0.1, 0.15) is 31.9 Å². The molecule has 0 bridgehead atoms. The molecule has 0 unspecified atom stereocenters. The number of aromatic nitrogens is 2. The summed E-state index contributed by atoms with van der Waals surface area (Å²) >= 11 is 0. The summed E-state index contributed by atoms with van der Waals surface area (Å²) in [4.78, 5) is 10.9. The van der Waals surface area contributed by atoms with Crippen molar-refractivity contribution in [2.75, 3.05) is 31.2 Å². The van der Waals surface area contributed by atoms with Gasteiger partial charge >= 0.3 is 0 Å². The molecule has 16 heavy (non-hydrogen) atoms. The van der Waals surface area contributed by atoms with Gasteiger partial charge in [0.1, 0.15) is 12.1 Å². The molecule has 2 heterocycles. The summed E-state index contributed by atoms with van der Waals surface area (Å²) in [5.41, 5.74) is 1.14. The molecule has 1 aromatic heterocycles. The number of anilines is 1. The Balaban J connectivity index is 2.14. The Morgan fingerprint density at radius 1 is 1.38 bits per heavy atom. The van der Waals surface area contributed by atoms with E-state index in [1.165, 1.54) is 0 Å². The predicted octanol–water partition coefficient (Wildman–Crippen LogP) is 1.83. The smallest absolute Gasteiger partial charge is 0.132 e. The maximum Gasteiger partial charge on any atom is 0.132 e. The maximum absolute atomic E-state index is 5.33. The van der Waals surface area contributed by atoms with Crippen molar-refractivity contribution in [3.8, 4) is 0 Å². The van der Waals surface area contributed by atoms with E-state index >= 15 is 0 Å². The van der Waals surface area contributed by atoms with Crippen molar-refractivity contribution in [1.29, 1.82) is 0 Å². The molecule has 0 aromatic carbocycles. The quantitative estimate of drug-likeness (QED) is 0.780. The van der Waals surface area contributed by atoms with E-state index in [4.69, 9.17) is 4.74 Å². The number of nitrogens with zero attached hydrogens (tertiary/aromatic N) is 3. The summed E-state index contributed by atoms with van der Waals surface area (Å²) in [5.74, 6) is 1.54. The van der Waals surface area contributed by atoms with Gasteiger partial charge in [0.05, 0.1) is 13.2 Å². The lowest BCUT2D eigenvalue weighted by Crippen LogP contribution is -2.36. The third-order valence-corrected chi connectivity index (χ3v) is 3.13. The number of hydrogen-bond donors (Lipinski definition) is 0. The first-order chi connectivity index (χ1) is 7.81. The van der Waals surface area contributed by atoms with Crippen molar-refractivity contribution in [3.05, 3.63) is 18.1 Å². The van der Waals surface area contributed by atoms with E-state index in [0.717, 1.165) is 44.2 Å². The minimum atomic E-state index is 0.503. The van der Waals surface area contributed by atoms with Crippen LogP contribution in [0.15, 0.2) is 12.4 Å². The van der Waals surface area contributed by atoms with Gasteiger partial charge in [0.15, 0.2) is 0 Å². The third-order valence-electron chi connectivity index (χ3n) is 3.13. The highest BCUT2D eigenvalue weighted by Gasteiger charge is 2.14. The summed E-state index contributed by atoms with van der Waals surface area (Å²) in [6.07, 6.45) is 2.78. The second-order valence-corrected chi connectivity index (χ2v) is 4.21. The summed E-state index contributed by atoms with van der Waals surface area (Å²) in [6.45, 7) is 7.83. The van der Waals surface area contributed by atoms with Gasteiger partial charge in [0.2, 0.25) is 0 Å². The van der Waals surface area contributed by atoms with Crippen LogP contribution in [0.25, 0.3) is 0 Å². The van der Waals surface area contributed by atoms with E-state index in [0.29, 0.717) is 5.92 Å². The van der Waals surface area contributed by atoms with Gasteiger partial charge in [-0.15, -0.1) is 0 Å². The molecule has 1 fully saturated rings. The average Bonchev–Trinajstić information content (AvgIpc) is 2.39. The van der Waals surface area contributed by atoms with E-state index in [-0.39, 0.29) is 0 Å². The molecule has 1 aliphatic heterocycles. The second-order valence-electron chi connectivity index (χ2n) is 4.21. The van der Waals surface area contributed by atoms with Gasteiger partial charge < -0.3 is 9.64 Å². The Morgan fingerprint density at radius 3 is 2.81 bits per heavy atom. The highest BCUT2D eigenvalue weighted by Crippen LogP contribution is 2.20. The fraction of sp³-hybridized carbons (Fsp3) is 0.667. The summed E-state index contributed by atoms with van der Waals surface area (Å²) in [7, 11) is 0. The second kappa shape index (κ2) is 5.25. The van der Waals surface area contributed by atoms with E-state index in [1.807, 2.05) is 0 Å². The number of morpholine rings is 1. The Kier molecular flexibility index (Phi) is 3.72. The Morgan fingerprint density at radius 2 is 2.12 bits per heavy atom. The molecule has 1 saturated heterocycles. The van der Waals surface area contributed by atoms with Gasteiger partial charge in [-0.25, -0.2) is 9.97 Å². The minimum Gasteiger partial charge on any atom is -0.378 e. The van der Waals surface area contributed by atoms with Crippen molar-refractivity contribution in [1.82, 2.24) is 9.97 Å². The number of ether oxygens (including phenoxy) is 1. The van der Waals surface area contributed by atoms with Crippen LogP contribution >= 0.6 is 0 Å². The van der Waals surface area contributed by atoms with Crippen LogP contribution in [-0.4, -0.2) is 36.3 Å². The van der Waals surface area contributed by atoms with Gasteiger partial charge in [-0.2, -0.15) is 0 Å². The lowest BCUT2D eigenvalue weighted by Gasteiger charge is -2.28. The molecule has 2 rings (SSSR count). The van der Waals surface area contributed by atoms with Crippen molar-refractivity contribution < 1.29 is 4.74 Å². The summed E-state index contributed by atoms with van der Waals surface area (Å²) < 4.78 is 5.33. The molecule has 0 aliphatic carbocycles. The first kappa shape index (κ1) is 11.3. The lowest BCUT2D eigenvalue weighted by atomic mass is 10.1. The zero-order valence-corrected chi connectivity index (χ0v) is 10.0. The Labute approximate surface area is 96.7 Å². The molecule has 88 valence electrons. The Bertz CT molecular complexity index is 337. The lowest BCUT2D eigenvalue weighted by molar-refractivity contribution is 0.122. The zero-order valence-electron chi connectivity index (χ0n) is 10.0. The highest BCUT2D eigenvalue weighted by atomic mass is 16.5. The Hall–Kier alpha value is -1.16. The molecule has 1 atom stereocenters. The molecule has 0 N–H and O–H groups in total. The van der Waals surface area contributed by atoms with Crippen molar-refractivity contribution in [3.63, 3.8) is 0 Å². The molecular formula is C12H19N3O. The molecule has 1 aliphatic rings. The van der Waals surface area contributed by atoms with Crippen LogP contribution < -0.4 is 4.90 Å². The molecule has 0 saturated carbocycles. The van der Waals surface area contributed by atoms with Crippen molar-refractivity contribution in [2.45, 2.75) is 26.2 Å². The van der Waals surface area contributed by atoms with Gasteiger partial charge in [0.25, 0.3) is 0 Å². The standard InChI is InChI=1S/C12H19N3O/c1-3-10(2)11-8-12(14-9-13-11)15-4-6-16-7-5-15/h8-10H,3-7H2,1-2H3/t10-/m1/s1. The van der Waals surface area contributed by atoms with Gasteiger partial charge in [-0.3, -0.25) is 0 Å². The van der Waals surface area contributed by atoms with Crippen LogP contribution in [0.2, 0.25) is 0 Å². The molecule has 4 nitrogen and oxygen atoms in total. The van der Waals surface area contributed by atoms with E-state index in [2.05, 4.69) is 34.8 Å². The molecule has 1 aromatic rings. The van der Waals surface area contributed by atoms with E-state index in [1.54, 1.807) is 6.33 Å². The van der Waals surface area contributed by atoms with Crippen LogP contribution in [0.5, 0.6) is 0 Å². The molecule has 0 radical (unpaired) electrons. The average molecular weight is 221 g/mol. The van der Waals surface area contributed by atoms with E-state index in [9.17, 15) is 0 Å². The van der Waals surface area contributed by atoms with Crippen LogP contribution in [0.4, 0.5) is 5.82 Å². The number of rotatable bonds is 3. The first-order valence-corrected chi connectivity index (χ1v) is 5.96. The molecule has 4 heteroatoms. The molecule has 0 amide bonds. The van der Waals surface area contributed by atoms with Crippen molar-refractivity contribution >= 4 is 5.82 Å². The summed E-state index contributed by atoms with van der Waals surface area (Å²) in [6, 6.07) is 2.11. The minimum absolute atomic E-state index is 0.503. The van der Waals surface area contributed by atoms with E-state index < -0.39 is 0 Å². The monoisotopic (exact) mass is 221 g/mol.